The first-order valence-electron chi connectivity index (χ1n) is 8.54. The van der Waals surface area contributed by atoms with Crippen LogP contribution in [-0.2, 0) is 6.42 Å². The van der Waals surface area contributed by atoms with Crippen molar-refractivity contribution in [1.29, 1.82) is 0 Å². The molecule has 8 nitrogen and oxygen atoms in total. The van der Waals surface area contributed by atoms with Gasteiger partial charge in [-0.05, 0) is 30.3 Å². The first-order valence-corrected chi connectivity index (χ1v) is 9.41. The average molecular weight is 396 g/mol. The Morgan fingerprint density at radius 1 is 1.11 bits per heavy atom. The molecule has 1 aromatic carbocycles. The van der Waals surface area contributed by atoms with E-state index in [0.29, 0.717) is 35.2 Å². The zero-order valence-electron chi connectivity index (χ0n) is 14.7. The summed E-state index contributed by atoms with van der Waals surface area (Å²) >= 11 is 1.18. The third-order valence-corrected chi connectivity index (χ3v) is 4.74. The van der Waals surface area contributed by atoms with Crippen molar-refractivity contribution in [2.24, 2.45) is 0 Å². The summed E-state index contributed by atoms with van der Waals surface area (Å²) < 4.78 is 10.5. The topological polar surface area (TPSA) is 102 Å². The number of hydrogen-bond acceptors (Lipinski definition) is 7. The lowest BCUT2D eigenvalue weighted by Gasteiger charge is -2.04. The Balaban J connectivity index is 1.32. The van der Waals surface area contributed by atoms with Crippen LogP contribution in [-0.4, -0.2) is 35.1 Å². The minimum atomic E-state index is -0.338. The van der Waals surface area contributed by atoms with Crippen LogP contribution in [0.1, 0.15) is 26.5 Å². The van der Waals surface area contributed by atoms with E-state index in [9.17, 15) is 9.59 Å². The molecule has 142 valence electrons. The SMILES string of the molecule is O=C(Nc1nc(C(=O)NCCc2ccccn2)cs1)c1ccc2c(c1)OCO2. The number of pyridine rings is 1. The van der Waals surface area contributed by atoms with Crippen molar-refractivity contribution < 1.29 is 19.1 Å². The molecule has 9 heteroatoms. The van der Waals surface area contributed by atoms with Gasteiger partial charge in [0, 0.05) is 35.8 Å². The summed E-state index contributed by atoms with van der Waals surface area (Å²) in [6.07, 6.45) is 2.34. The maximum atomic E-state index is 12.4. The number of benzene rings is 1. The number of hydrogen-bond donors (Lipinski definition) is 2. The van der Waals surface area contributed by atoms with Gasteiger partial charge in [-0.15, -0.1) is 11.3 Å². The van der Waals surface area contributed by atoms with Crippen LogP contribution in [0.4, 0.5) is 5.13 Å². The van der Waals surface area contributed by atoms with Gasteiger partial charge < -0.3 is 14.8 Å². The normalized spacial score (nSPS) is 11.9. The predicted molar refractivity (Wildman–Crippen MR) is 103 cm³/mol. The summed E-state index contributed by atoms with van der Waals surface area (Å²) in [7, 11) is 0. The van der Waals surface area contributed by atoms with Crippen molar-refractivity contribution in [3.63, 3.8) is 0 Å². The number of rotatable bonds is 6. The molecule has 0 bridgehead atoms. The van der Waals surface area contributed by atoms with Crippen molar-refractivity contribution in [2.45, 2.75) is 6.42 Å². The summed E-state index contributed by atoms with van der Waals surface area (Å²) in [4.78, 5) is 33.0. The molecule has 2 aromatic heterocycles. The quantitative estimate of drug-likeness (QED) is 0.664. The first kappa shape index (κ1) is 17.9. The van der Waals surface area contributed by atoms with Crippen molar-refractivity contribution in [3.05, 3.63) is 64.9 Å². The smallest absolute Gasteiger partial charge is 0.270 e. The van der Waals surface area contributed by atoms with E-state index in [2.05, 4.69) is 20.6 Å². The molecule has 0 saturated heterocycles. The summed E-state index contributed by atoms with van der Waals surface area (Å²) in [5.74, 6) is 0.501. The van der Waals surface area contributed by atoms with Gasteiger partial charge in [0.2, 0.25) is 6.79 Å². The number of aromatic nitrogens is 2. The number of ether oxygens (including phenoxy) is 2. The number of anilines is 1. The molecule has 4 rings (SSSR count). The van der Waals surface area contributed by atoms with Crippen molar-refractivity contribution in [1.82, 2.24) is 15.3 Å². The third kappa shape index (κ3) is 4.09. The molecule has 0 spiro atoms. The fourth-order valence-corrected chi connectivity index (χ4v) is 3.27. The molecular formula is C19H16N4O4S. The van der Waals surface area contributed by atoms with E-state index >= 15 is 0 Å². The van der Waals surface area contributed by atoms with Crippen molar-refractivity contribution >= 4 is 28.3 Å². The number of nitrogens with zero attached hydrogens (tertiary/aromatic N) is 2. The monoisotopic (exact) mass is 396 g/mol. The molecule has 28 heavy (non-hydrogen) atoms. The van der Waals surface area contributed by atoms with E-state index in [-0.39, 0.29) is 24.3 Å². The Morgan fingerprint density at radius 2 is 2.00 bits per heavy atom. The van der Waals surface area contributed by atoms with Gasteiger partial charge in [0.25, 0.3) is 11.8 Å². The zero-order chi connectivity index (χ0) is 19.3. The second kappa shape index (κ2) is 8.05. The van der Waals surface area contributed by atoms with Gasteiger partial charge in [0.15, 0.2) is 16.6 Å². The number of thiazole rings is 1. The number of amides is 2. The van der Waals surface area contributed by atoms with E-state index in [4.69, 9.17) is 9.47 Å². The molecule has 3 heterocycles. The minimum Gasteiger partial charge on any atom is -0.454 e. The molecule has 0 radical (unpaired) electrons. The second-order valence-corrected chi connectivity index (χ2v) is 6.75. The van der Waals surface area contributed by atoms with E-state index in [0.717, 1.165) is 5.69 Å². The Hall–Kier alpha value is -3.46. The molecule has 0 unspecified atom stereocenters. The van der Waals surface area contributed by atoms with Crippen LogP contribution in [0.5, 0.6) is 11.5 Å². The maximum Gasteiger partial charge on any atom is 0.270 e. The van der Waals surface area contributed by atoms with Gasteiger partial charge >= 0.3 is 0 Å². The highest BCUT2D eigenvalue weighted by Gasteiger charge is 2.17. The highest BCUT2D eigenvalue weighted by molar-refractivity contribution is 7.14. The van der Waals surface area contributed by atoms with Gasteiger partial charge in [0.1, 0.15) is 5.69 Å². The highest BCUT2D eigenvalue weighted by Crippen LogP contribution is 2.32. The highest BCUT2D eigenvalue weighted by atomic mass is 32.1. The number of carbonyl (C=O) groups excluding carboxylic acids is 2. The van der Waals surface area contributed by atoms with E-state index < -0.39 is 0 Å². The summed E-state index contributed by atoms with van der Waals surface area (Å²) in [6.45, 7) is 0.595. The van der Waals surface area contributed by atoms with E-state index in [1.165, 1.54) is 11.3 Å². The fourth-order valence-electron chi connectivity index (χ4n) is 2.58. The summed E-state index contributed by atoms with van der Waals surface area (Å²) in [6, 6.07) is 10.6. The van der Waals surface area contributed by atoms with Crippen LogP contribution < -0.4 is 20.1 Å². The standard InChI is InChI=1S/C19H16N4O4S/c24-17(12-4-5-15-16(9-12)27-11-26-15)23-19-22-14(10-28-19)18(25)21-8-6-13-3-1-2-7-20-13/h1-5,7,9-10H,6,8,11H2,(H,21,25)(H,22,23,24). The van der Waals surface area contributed by atoms with Crippen LogP contribution >= 0.6 is 11.3 Å². The average Bonchev–Trinajstić information content (AvgIpc) is 3.37. The van der Waals surface area contributed by atoms with Gasteiger partial charge in [-0.1, -0.05) is 6.07 Å². The van der Waals surface area contributed by atoms with Crippen molar-refractivity contribution in [2.75, 3.05) is 18.7 Å². The van der Waals surface area contributed by atoms with E-state index in [1.54, 1.807) is 29.8 Å². The summed E-state index contributed by atoms with van der Waals surface area (Å²) in [5.41, 5.74) is 1.57. The lowest BCUT2D eigenvalue weighted by molar-refractivity contribution is 0.0948. The molecular weight excluding hydrogens is 380 g/mol. The summed E-state index contributed by atoms with van der Waals surface area (Å²) in [5, 5.41) is 7.43. The molecule has 0 fully saturated rings. The van der Waals surface area contributed by atoms with Crippen LogP contribution in [0.3, 0.4) is 0 Å². The molecule has 2 N–H and O–H groups in total. The Kier molecular flexibility index (Phi) is 5.16. The van der Waals surface area contributed by atoms with Crippen LogP contribution in [0.2, 0.25) is 0 Å². The van der Waals surface area contributed by atoms with Gasteiger partial charge in [-0.3, -0.25) is 19.9 Å². The van der Waals surface area contributed by atoms with Crippen LogP contribution in [0.25, 0.3) is 0 Å². The maximum absolute atomic E-state index is 12.4. The van der Waals surface area contributed by atoms with Gasteiger partial charge in [-0.25, -0.2) is 4.98 Å². The zero-order valence-corrected chi connectivity index (χ0v) is 15.5. The van der Waals surface area contributed by atoms with E-state index in [1.807, 2.05) is 18.2 Å². The molecule has 0 aliphatic carbocycles. The molecule has 2 amide bonds. The minimum absolute atomic E-state index is 0.145. The van der Waals surface area contributed by atoms with Crippen LogP contribution in [0, 0.1) is 0 Å². The first-order chi connectivity index (χ1) is 13.7. The number of fused-ring (bicyclic) bond motifs is 1. The molecule has 0 atom stereocenters. The molecule has 1 aliphatic heterocycles. The lowest BCUT2D eigenvalue weighted by atomic mass is 10.2. The molecule has 3 aromatic rings. The largest absolute Gasteiger partial charge is 0.454 e. The van der Waals surface area contributed by atoms with Gasteiger partial charge in [0.05, 0.1) is 0 Å². The van der Waals surface area contributed by atoms with Crippen molar-refractivity contribution in [3.8, 4) is 11.5 Å². The number of carbonyl (C=O) groups is 2. The Bertz CT molecular complexity index is 1010. The lowest BCUT2D eigenvalue weighted by Crippen LogP contribution is -2.26. The predicted octanol–water partition coefficient (Wildman–Crippen LogP) is 2.49. The third-order valence-electron chi connectivity index (χ3n) is 3.98. The molecule has 1 aliphatic rings. The Morgan fingerprint density at radius 3 is 2.86 bits per heavy atom. The Labute approximate surface area is 164 Å². The second-order valence-electron chi connectivity index (χ2n) is 5.89. The fraction of sp³-hybridized carbons (Fsp3) is 0.158. The van der Waals surface area contributed by atoms with Gasteiger partial charge in [-0.2, -0.15) is 0 Å². The van der Waals surface area contributed by atoms with Crippen LogP contribution in [0.15, 0.2) is 48.0 Å². The number of nitrogens with one attached hydrogen (secondary N) is 2. The molecule has 0 saturated carbocycles.